The van der Waals surface area contributed by atoms with Crippen LogP contribution in [0, 0.1) is 5.92 Å². The van der Waals surface area contributed by atoms with E-state index in [4.69, 9.17) is 4.74 Å². The molecule has 2 rings (SSSR count). The van der Waals surface area contributed by atoms with E-state index in [0.29, 0.717) is 0 Å². The number of nitrogens with zero attached hydrogens (tertiary/aromatic N) is 2. The molecule has 0 radical (unpaired) electrons. The highest BCUT2D eigenvalue weighted by Gasteiger charge is 2.20. The normalized spacial score (nSPS) is 15.5. The van der Waals surface area contributed by atoms with Gasteiger partial charge in [-0.05, 0) is 18.8 Å². The van der Waals surface area contributed by atoms with Gasteiger partial charge in [-0.2, -0.15) is 0 Å². The van der Waals surface area contributed by atoms with Crippen molar-refractivity contribution in [2.75, 3.05) is 19.8 Å². The van der Waals surface area contributed by atoms with Crippen LogP contribution in [-0.4, -0.2) is 29.7 Å². The van der Waals surface area contributed by atoms with E-state index < -0.39 is 0 Å². The summed E-state index contributed by atoms with van der Waals surface area (Å²) in [7, 11) is 0. The molecule has 1 aromatic heterocycles. The van der Waals surface area contributed by atoms with Crippen LogP contribution in [0.25, 0.3) is 0 Å². The first-order chi connectivity index (χ1) is 7.45. The zero-order valence-electron chi connectivity index (χ0n) is 8.85. The SMILES string of the molecule is c1ncc(CNCCOCC2CC2)cn1. The molecule has 1 saturated carbocycles. The van der Waals surface area contributed by atoms with Crippen molar-refractivity contribution in [2.45, 2.75) is 19.4 Å². The monoisotopic (exact) mass is 207 g/mol. The van der Waals surface area contributed by atoms with Gasteiger partial charge in [-0.25, -0.2) is 9.97 Å². The maximum atomic E-state index is 5.50. The molecular weight excluding hydrogens is 190 g/mol. The summed E-state index contributed by atoms with van der Waals surface area (Å²) in [5, 5.41) is 3.29. The molecule has 1 heterocycles. The van der Waals surface area contributed by atoms with Gasteiger partial charge in [-0.1, -0.05) is 0 Å². The topological polar surface area (TPSA) is 47.0 Å². The van der Waals surface area contributed by atoms with Crippen LogP contribution in [0.2, 0.25) is 0 Å². The molecule has 0 aromatic carbocycles. The molecule has 1 N–H and O–H groups in total. The van der Waals surface area contributed by atoms with Crippen LogP contribution in [0.3, 0.4) is 0 Å². The number of rotatable bonds is 7. The number of hydrogen-bond acceptors (Lipinski definition) is 4. The Kier molecular flexibility index (Phi) is 4.05. The third kappa shape index (κ3) is 4.36. The van der Waals surface area contributed by atoms with Crippen LogP contribution in [0.15, 0.2) is 18.7 Å². The molecule has 0 saturated heterocycles. The van der Waals surface area contributed by atoms with Gasteiger partial charge in [-0.15, -0.1) is 0 Å². The fourth-order valence-corrected chi connectivity index (χ4v) is 1.33. The molecule has 1 aliphatic carbocycles. The predicted octanol–water partition coefficient (Wildman–Crippen LogP) is 0.993. The number of hydrogen-bond donors (Lipinski definition) is 1. The lowest BCUT2D eigenvalue weighted by atomic mass is 10.3. The van der Waals surface area contributed by atoms with Crippen molar-refractivity contribution in [3.05, 3.63) is 24.3 Å². The fourth-order valence-electron chi connectivity index (χ4n) is 1.33. The van der Waals surface area contributed by atoms with E-state index in [2.05, 4.69) is 15.3 Å². The summed E-state index contributed by atoms with van der Waals surface area (Å²) in [6.45, 7) is 3.44. The molecule has 1 fully saturated rings. The summed E-state index contributed by atoms with van der Waals surface area (Å²) < 4.78 is 5.50. The lowest BCUT2D eigenvalue weighted by Gasteiger charge is -2.05. The van der Waals surface area contributed by atoms with Crippen molar-refractivity contribution >= 4 is 0 Å². The molecule has 0 spiro atoms. The smallest absolute Gasteiger partial charge is 0.115 e. The minimum absolute atomic E-state index is 0.796. The molecule has 4 nitrogen and oxygen atoms in total. The van der Waals surface area contributed by atoms with Gasteiger partial charge in [-0.3, -0.25) is 0 Å². The van der Waals surface area contributed by atoms with Gasteiger partial charge in [0.2, 0.25) is 0 Å². The molecule has 1 aliphatic rings. The Morgan fingerprint density at radius 3 is 2.87 bits per heavy atom. The number of aromatic nitrogens is 2. The fraction of sp³-hybridized carbons (Fsp3) is 0.636. The second-order valence-electron chi connectivity index (χ2n) is 3.94. The second kappa shape index (κ2) is 5.78. The quantitative estimate of drug-likeness (QED) is 0.677. The molecule has 4 heteroatoms. The first-order valence-corrected chi connectivity index (χ1v) is 5.47. The van der Waals surface area contributed by atoms with Gasteiger partial charge in [0, 0.05) is 37.7 Å². The minimum Gasteiger partial charge on any atom is -0.380 e. The Morgan fingerprint density at radius 2 is 2.13 bits per heavy atom. The molecule has 82 valence electrons. The first kappa shape index (κ1) is 10.5. The lowest BCUT2D eigenvalue weighted by Crippen LogP contribution is -2.19. The Hall–Kier alpha value is -1.00. The Bertz CT molecular complexity index is 274. The zero-order chi connectivity index (χ0) is 10.3. The highest BCUT2D eigenvalue weighted by atomic mass is 16.5. The van der Waals surface area contributed by atoms with E-state index >= 15 is 0 Å². The molecule has 1 aromatic rings. The Labute approximate surface area is 90.1 Å². The van der Waals surface area contributed by atoms with Gasteiger partial charge in [0.05, 0.1) is 6.61 Å². The minimum atomic E-state index is 0.796. The summed E-state index contributed by atoms with van der Waals surface area (Å²) in [6.07, 6.45) is 7.90. The number of ether oxygens (including phenoxy) is 1. The third-order valence-electron chi connectivity index (χ3n) is 2.42. The summed E-state index contributed by atoms with van der Waals surface area (Å²) in [4.78, 5) is 7.90. The molecule has 0 amide bonds. The second-order valence-corrected chi connectivity index (χ2v) is 3.94. The Balaban J connectivity index is 1.47. The van der Waals surface area contributed by atoms with Crippen molar-refractivity contribution in [3.63, 3.8) is 0 Å². The van der Waals surface area contributed by atoms with Crippen LogP contribution < -0.4 is 5.32 Å². The summed E-state index contributed by atoms with van der Waals surface area (Å²) in [5.74, 6) is 0.854. The predicted molar refractivity (Wildman–Crippen MR) is 57.3 cm³/mol. The van der Waals surface area contributed by atoms with Crippen molar-refractivity contribution in [3.8, 4) is 0 Å². The van der Waals surface area contributed by atoms with Gasteiger partial charge in [0.25, 0.3) is 0 Å². The molecule has 0 unspecified atom stereocenters. The van der Waals surface area contributed by atoms with Crippen LogP contribution in [-0.2, 0) is 11.3 Å². The van der Waals surface area contributed by atoms with Crippen LogP contribution >= 0.6 is 0 Å². The van der Waals surface area contributed by atoms with E-state index in [-0.39, 0.29) is 0 Å². The largest absolute Gasteiger partial charge is 0.380 e. The molecule has 15 heavy (non-hydrogen) atoms. The first-order valence-electron chi connectivity index (χ1n) is 5.47. The standard InChI is InChI=1S/C11H17N3O/c1-2-10(1)8-15-4-3-12-5-11-6-13-9-14-7-11/h6-7,9-10,12H,1-5,8H2. The van der Waals surface area contributed by atoms with Crippen molar-refractivity contribution < 1.29 is 4.74 Å². The van der Waals surface area contributed by atoms with E-state index in [1.54, 1.807) is 6.33 Å². The maximum absolute atomic E-state index is 5.50. The number of nitrogens with one attached hydrogen (secondary N) is 1. The van der Waals surface area contributed by atoms with Gasteiger partial charge in [0.1, 0.15) is 6.33 Å². The molecule has 0 aliphatic heterocycles. The van der Waals surface area contributed by atoms with E-state index in [0.717, 1.165) is 37.8 Å². The summed E-state index contributed by atoms with van der Waals surface area (Å²) >= 11 is 0. The van der Waals surface area contributed by atoms with Gasteiger partial charge < -0.3 is 10.1 Å². The van der Waals surface area contributed by atoms with Crippen molar-refractivity contribution in [1.29, 1.82) is 0 Å². The highest BCUT2D eigenvalue weighted by molar-refractivity contribution is 5.01. The van der Waals surface area contributed by atoms with E-state index in [9.17, 15) is 0 Å². The van der Waals surface area contributed by atoms with Gasteiger partial charge in [0.15, 0.2) is 0 Å². The average Bonchev–Trinajstić information content (AvgIpc) is 3.09. The Morgan fingerprint density at radius 1 is 1.33 bits per heavy atom. The van der Waals surface area contributed by atoms with Crippen LogP contribution in [0.1, 0.15) is 18.4 Å². The van der Waals surface area contributed by atoms with E-state index in [1.165, 1.54) is 12.8 Å². The van der Waals surface area contributed by atoms with Crippen molar-refractivity contribution in [2.24, 2.45) is 5.92 Å². The zero-order valence-corrected chi connectivity index (χ0v) is 8.85. The van der Waals surface area contributed by atoms with Crippen LogP contribution in [0.5, 0.6) is 0 Å². The summed E-state index contributed by atoms with van der Waals surface area (Å²) in [5.41, 5.74) is 1.11. The molecular formula is C11H17N3O. The van der Waals surface area contributed by atoms with Crippen molar-refractivity contribution in [1.82, 2.24) is 15.3 Å². The molecule has 0 atom stereocenters. The summed E-state index contributed by atoms with van der Waals surface area (Å²) in [6, 6.07) is 0. The van der Waals surface area contributed by atoms with E-state index in [1.807, 2.05) is 12.4 Å². The van der Waals surface area contributed by atoms with Gasteiger partial charge >= 0.3 is 0 Å². The average molecular weight is 207 g/mol. The lowest BCUT2D eigenvalue weighted by molar-refractivity contribution is 0.126. The molecule has 0 bridgehead atoms. The maximum Gasteiger partial charge on any atom is 0.115 e. The van der Waals surface area contributed by atoms with Crippen LogP contribution in [0.4, 0.5) is 0 Å². The third-order valence-corrected chi connectivity index (χ3v) is 2.42. The highest BCUT2D eigenvalue weighted by Crippen LogP contribution is 2.28.